The van der Waals surface area contributed by atoms with Crippen LogP contribution in [0, 0.1) is 0 Å². The molecule has 0 amide bonds. The zero-order chi connectivity index (χ0) is 13.0. The molecule has 5 heteroatoms. The first-order valence-electron chi connectivity index (χ1n) is 5.50. The molecule has 2 rings (SSSR count). The fraction of sp³-hybridized carbons (Fsp3) is 0.231. The zero-order valence-corrected chi connectivity index (χ0v) is 9.84. The van der Waals surface area contributed by atoms with E-state index in [1.54, 1.807) is 25.1 Å². The Morgan fingerprint density at radius 1 is 1.33 bits per heavy atom. The van der Waals surface area contributed by atoms with Crippen molar-refractivity contribution in [3.63, 3.8) is 0 Å². The van der Waals surface area contributed by atoms with Crippen molar-refractivity contribution in [2.24, 2.45) is 0 Å². The van der Waals surface area contributed by atoms with E-state index in [4.69, 9.17) is 13.9 Å². The Morgan fingerprint density at radius 2 is 2.17 bits per heavy atom. The molecular formula is C13H12O5. The lowest BCUT2D eigenvalue weighted by atomic mass is 10.2. The normalized spacial score (nSPS) is 10.3. The Bertz CT molecular complexity index is 614. The second kappa shape index (κ2) is 5.35. The van der Waals surface area contributed by atoms with E-state index in [1.165, 1.54) is 12.3 Å². The fourth-order valence-corrected chi connectivity index (χ4v) is 1.50. The number of benzene rings is 1. The summed E-state index contributed by atoms with van der Waals surface area (Å²) in [4.78, 5) is 22.6. The van der Waals surface area contributed by atoms with Crippen LogP contribution >= 0.6 is 0 Å². The van der Waals surface area contributed by atoms with Crippen molar-refractivity contribution in [2.45, 2.75) is 6.92 Å². The fourth-order valence-electron chi connectivity index (χ4n) is 1.50. The topological polar surface area (TPSA) is 65.7 Å². The van der Waals surface area contributed by atoms with Gasteiger partial charge >= 0.3 is 5.97 Å². The van der Waals surface area contributed by atoms with E-state index in [2.05, 4.69) is 0 Å². The summed E-state index contributed by atoms with van der Waals surface area (Å²) in [5.41, 5.74) is 0.303. The predicted octanol–water partition coefficient (Wildman–Crippen LogP) is 1.73. The molecule has 0 saturated heterocycles. The highest BCUT2D eigenvalue weighted by atomic mass is 16.6. The van der Waals surface area contributed by atoms with E-state index in [0.717, 1.165) is 0 Å². The summed E-state index contributed by atoms with van der Waals surface area (Å²) in [6, 6.07) is 6.12. The number of rotatable bonds is 4. The Morgan fingerprint density at radius 3 is 2.94 bits per heavy atom. The van der Waals surface area contributed by atoms with Crippen LogP contribution in [0.2, 0.25) is 0 Å². The van der Waals surface area contributed by atoms with Gasteiger partial charge in [-0.05, 0) is 19.1 Å². The van der Waals surface area contributed by atoms with Gasteiger partial charge in [-0.3, -0.25) is 4.79 Å². The summed E-state index contributed by atoms with van der Waals surface area (Å²) in [7, 11) is 0. The third-order valence-electron chi connectivity index (χ3n) is 2.29. The molecule has 0 aliphatic heterocycles. The minimum absolute atomic E-state index is 0.117. The summed E-state index contributed by atoms with van der Waals surface area (Å²) >= 11 is 0. The van der Waals surface area contributed by atoms with Gasteiger partial charge in [0.2, 0.25) is 0 Å². The highest BCUT2D eigenvalue weighted by molar-refractivity contribution is 5.78. The van der Waals surface area contributed by atoms with E-state index in [1.807, 2.05) is 0 Å². The van der Waals surface area contributed by atoms with Crippen molar-refractivity contribution in [2.75, 3.05) is 13.2 Å². The molecule has 0 aliphatic carbocycles. The summed E-state index contributed by atoms with van der Waals surface area (Å²) < 4.78 is 15.2. The van der Waals surface area contributed by atoms with Gasteiger partial charge < -0.3 is 13.9 Å². The molecule has 1 heterocycles. The second-order valence-corrected chi connectivity index (χ2v) is 3.54. The van der Waals surface area contributed by atoms with Crippen molar-refractivity contribution < 1.29 is 18.7 Å². The van der Waals surface area contributed by atoms with Crippen LogP contribution in [0.25, 0.3) is 11.0 Å². The van der Waals surface area contributed by atoms with Gasteiger partial charge in [0.05, 0.1) is 18.3 Å². The molecule has 5 nitrogen and oxygen atoms in total. The highest BCUT2D eigenvalue weighted by Crippen LogP contribution is 2.18. The van der Waals surface area contributed by atoms with Crippen LogP contribution in [0.3, 0.4) is 0 Å². The van der Waals surface area contributed by atoms with Gasteiger partial charge in [-0.25, -0.2) is 4.79 Å². The zero-order valence-electron chi connectivity index (χ0n) is 9.84. The van der Waals surface area contributed by atoms with Crippen LogP contribution in [0.4, 0.5) is 0 Å². The monoisotopic (exact) mass is 248 g/mol. The van der Waals surface area contributed by atoms with Crippen molar-refractivity contribution in [3.05, 3.63) is 40.8 Å². The summed E-state index contributed by atoms with van der Waals surface area (Å²) in [6.07, 6.45) is 1.32. The smallest absolute Gasteiger partial charge is 0.344 e. The quantitative estimate of drug-likeness (QED) is 0.771. The number of esters is 1. The lowest BCUT2D eigenvalue weighted by Gasteiger charge is -2.05. The second-order valence-electron chi connectivity index (χ2n) is 3.54. The number of fused-ring (bicyclic) bond motifs is 1. The largest absolute Gasteiger partial charge is 0.482 e. The van der Waals surface area contributed by atoms with Gasteiger partial charge in [0.1, 0.15) is 11.3 Å². The van der Waals surface area contributed by atoms with Gasteiger partial charge in [-0.15, -0.1) is 0 Å². The van der Waals surface area contributed by atoms with Crippen molar-refractivity contribution >= 4 is 16.9 Å². The minimum atomic E-state index is -0.438. The standard InChI is InChI=1S/C13H12O5/c1-2-16-13(15)8-18-9-3-4-10-11(14)5-6-17-12(10)7-9/h3-7H,2,8H2,1H3. The Balaban J connectivity index is 2.16. The number of carbonyl (C=O) groups is 1. The molecule has 2 aromatic rings. The maximum Gasteiger partial charge on any atom is 0.344 e. The highest BCUT2D eigenvalue weighted by Gasteiger charge is 2.05. The Kier molecular flexibility index (Phi) is 3.62. The van der Waals surface area contributed by atoms with E-state index in [0.29, 0.717) is 23.3 Å². The molecule has 0 atom stereocenters. The Hall–Kier alpha value is -2.30. The summed E-state index contributed by atoms with van der Waals surface area (Å²) in [5.74, 6) is 0.0111. The molecule has 1 aromatic carbocycles. The molecule has 0 fully saturated rings. The van der Waals surface area contributed by atoms with Crippen LogP contribution in [0.15, 0.2) is 39.7 Å². The molecule has 0 unspecified atom stereocenters. The first-order valence-corrected chi connectivity index (χ1v) is 5.50. The maximum absolute atomic E-state index is 11.5. The summed E-state index contributed by atoms with van der Waals surface area (Å²) in [6.45, 7) is 1.87. The lowest BCUT2D eigenvalue weighted by Crippen LogP contribution is -2.14. The molecule has 0 spiro atoms. The van der Waals surface area contributed by atoms with Crippen LogP contribution in [-0.2, 0) is 9.53 Å². The predicted molar refractivity (Wildman–Crippen MR) is 64.6 cm³/mol. The van der Waals surface area contributed by atoms with Crippen LogP contribution in [0.5, 0.6) is 5.75 Å². The van der Waals surface area contributed by atoms with Gasteiger partial charge in [0, 0.05) is 12.1 Å². The molecule has 0 N–H and O–H groups in total. The van der Waals surface area contributed by atoms with E-state index in [9.17, 15) is 9.59 Å². The molecule has 0 aliphatic rings. The molecule has 18 heavy (non-hydrogen) atoms. The number of hydrogen-bond donors (Lipinski definition) is 0. The van der Waals surface area contributed by atoms with E-state index >= 15 is 0 Å². The molecule has 0 radical (unpaired) electrons. The summed E-state index contributed by atoms with van der Waals surface area (Å²) in [5, 5.41) is 0.473. The average molecular weight is 248 g/mol. The van der Waals surface area contributed by atoms with Crippen molar-refractivity contribution in [1.29, 1.82) is 0 Å². The third kappa shape index (κ3) is 2.68. The van der Waals surface area contributed by atoms with Crippen molar-refractivity contribution in [3.8, 4) is 5.75 Å². The number of carbonyl (C=O) groups excluding carboxylic acids is 1. The SMILES string of the molecule is CCOC(=O)COc1ccc2c(=O)ccoc2c1. The van der Waals surface area contributed by atoms with Gasteiger partial charge in [0.15, 0.2) is 12.0 Å². The van der Waals surface area contributed by atoms with Crippen LogP contribution < -0.4 is 10.2 Å². The number of ether oxygens (including phenoxy) is 2. The maximum atomic E-state index is 11.5. The lowest BCUT2D eigenvalue weighted by molar-refractivity contribution is -0.145. The first kappa shape index (κ1) is 12.2. The van der Waals surface area contributed by atoms with Gasteiger partial charge in [-0.1, -0.05) is 0 Å². The van der Waals surface area contributed by atoms with Crippen LogP contribution in [-0.4, -0.2) is 19.2 Å². The van der Waals surface area contributed by atoms with Gasteiger partial charge in [-0.2, -0.15) is 0 Å². The van der Waals surface area contributed by atoms with Crippen LogP contribution in [0.1, 0.15) is 6.92 Å². The van der Waals surface area contributed by atoms with E-state index in [-0.39, 0.29) is 12.0 Å². The van der Waals surface area contributed by atoms with Crippen molar-refractivity contribution in [1.82, 2.24) is 0 Å². The Labute approximate surface area is 103 Å². The first-order chi connectivity index (χ1) is 8.70. The molecule has 0 bridgehead atoms. The molecular weight excluding hydrogens is 236 g/mol. The van der Waals surface area contributed by atoms with Gasteiger partial charge in [0.25, 0.3) is 0 Å². The van der Waals surface area contributed by atoms with E-state index < -0.39 is 5.97 Å². The molecule has 94 valence electrons. The molecule has 0 saturated carbocycles. The third-order valence-corrected chi connectivity index (χ3v) is 2.29. The minimum Gasteiger partial charge on any atom is -0.482 e. The number of hydrogen-bond acceptors (Lipinski definition) is 5. The molecule has 1 aromatic heterocycles. The average Bonchev–Trinajstić information content (AvgIpc) is 2.37.